The van der Waals surface area contributed by atoms with Crippen molar-refractivity contribution in [3.63, 3.8) is 0 Å². The van der Waals surface area contributed by atoms with E-state index in [0.29, 0.717) is 22.9 Å². The summed E-state index contributed by atoms with van der Waals surface area (Å²) in [6.45, 7) is 5.02. The molecule has 0 saturated carbocycles. The molecule has 3 nitrogen and oxygen atoms in total. The lowest BCUT2D eigenvalue weighted by Crippen LogP contribution is -2.20. The van der Waals surface area contributed by atoms with Gasteiger partial charge in [0, 0.05) is 12.0 Å². The van der Waals surface area contributed by atoms with Gasteiger partial charge in [-0.1, -0.05) is 35.6 Å². The molecule has 5 heteroatoms. The van der Waals surface area contributed by atoms with Crippen molar-refractivity contribution in [1.82, 2.24) is 0 Å². The number of oxime groups is 1. The van der Waals surface area contributed by atoms with Gasteiger partial charge >= 0.3 is 0 Å². The van der Waals surface area contributed by atoms with E-state index in [2.05, 4.69) is 5.16 Å². The van der Waals surface area contributed by atoms with Crippen LogP contribution in [0.15, 0.2) is 52.2 Å². The van der Waals surface area contributed by atoms with Gasteiger partial charge in [-0.2, -0.15) is 0 Å². The molecule has 0 saturated heterocycles. The highest BCUT2D eigenvalue weighted by molar-refractivity contribution is 7.80. The largest absolute Gasteiger partial charge is 0.390 e. The Hall–Kier alpha value is -1.75. The van der Waals surface area contributed by atoms with E-state index in [4.69, 9.17) is 22.8 Å². The molecule has 0 aromatic heterocycles. The molecule has 0 amide bonds. The summed E-state index contributed by atoms with van der Waals surface area (Å²) in [4.78, 5) is 5.50. The summed E-state index contributed by atoms with van der Waals surface area (Å²) >= 11 is 4.98. The summed E-state index contributed by atoms with van der Waals surface area (Å²) in [5.74, 6) is 0.328. The van der Waals surface area contributed by atoms with Crippen molar-refractivity contribution in [3.05, 3.63) is 47.0 Å². The minimum Gasteiger partial charge on any atom is -0.390 e. The second kappa shape index (κ2) is 6.99. The highest BCUT2D eigenvalue weighted by Crippen LogP contribution is 2.21. The number of hydrogen-bond acceptors (Lipinski definition) is 3. The van der Waals surface area contributed by atoms with Crippen LogP contribution in [0, 0.1) is 0 Å². The SMILES string of the molecule is C\C=C/C(=C\C=C(/C)F)C1=NOC(C)=C(C(N)=S)C1. The van der Waals surface area contributed by atoms with E-state index in [9.17, 15) is 4.39 Å². The summed E-state index contributed by atoms with van der Waals surface area (Å²) in [6.07, 6.45) is 7.19. The molecule has 0 fully saturated rings. The van der Waals surface area contributed by atoms with E-state index in [-0.39, 0.29) is 5.83 Å². The number of thiocarbonyl (C=S) groups is 1. The van der Waals surface area contributed by atoms with Gasteiger partial charge in [-0.15, -0.1) is 0 Å². The summed E-state index contributed by atoms with van der Waals surface area (Å²) in [5.41, 5.74) is 7.83. The molecule has 0 radical (unpaired) electrons. The second-order valence-corrected chi connectivity index (χ2v) is 4.52. The Morgan fingerprint density at radius 3 is 2.68 bits per heavy atom. The van der Waals surface area contributed by atoms with Gasteiger partial charge in [0.2, 0.25) is 0 Å². The van der Waals surface area contributed by atoms with Crippen molar-refractivity contribution in [2.75, 3.05) is 0 Å². The van der Waals surface area contributed by atoms with Gasteiger partial charge in [-0.3, -0.25) is 0 Å². The van der Waals surface area contributed by atoms with Crippen molar-refractivity contribution in [2.45, 2.75) is 27.2 Å². The van der Waals surface area contributed by atoms with Crippen molar-refractivity contribution in [3.8, 4) is 0 Å². The summed E-state index contributed by atoms with van der Waals surface area (Å²) in [7, 11) is 0. The number of allylic oxidation sites excluding steroid dienone is 7. The van der Waals surface area contributed by atoms with Crippen LogP contribution >= 0.6 is 12.2 Å². The minimum absolute atomic E-state index is 0.277. The van der Waals surface area contributed by atoms with Gasteiger partial charge in [0.05, 0.1) is 11.5 Å². The fourth-order valence-corrected chi connectivity index (χ4v) is 1.77. The minimum atomic E-state index is -0.277. The van der Waals surface area contributed by atoms with E-state index < -0.39 is 0 Å². The van der Waals surface area contributed by atoms with Crippen LogP contribution in [-0.2, 0) is 4.84 Å². The third-order valence-corrected chi connectivity index (χ3v) is 2.78. The molecule has 1 rings (SSSR count). The van der Waals surface area contributed by atoms with Crippen LogP contribution in [0.2, 0.25) is 0 Å². The smallest absolute Gasteiger partial charge is 0.138 e. The molecule has 102 valence electrons. The highest BCUT2D eigenvalue weighted by Gasteiger charge is 2.18. The van der Waals surface area contributed by atoms with E-state index in [0.717, 1.165) is 11.1 Å². The number of nitrogens with zero attached hydrogens (tertiary/aromatic N) is 1. The normalized spacial score (nSPS) is 17.6. The Morgan fingerprint density at radius 1 is 1.47 bits per heavy atom. The zero-order valence-electron chi connectivity index (χ0n) is 11.2. The average molecular weight is 280 g/mol. The second-order valence-electron chi connectivity index (χ2n) is 4.08. The average Bonchev–Trinajstić information content (AvgIpc) is 2.34. The van der Waals surface area contributed by atoms with E-state index in [1.807, 2.05) is 19.1 Å². The zero-order valence-corrected chi connectivity index (χ0v) is 12.1. The van der Waals surface area contributed by atoms with E-state index in [1.165, 1.54) is 13.0 Å². The standard InChI is InChI=1S/C14H17FN2OS/c1-4-5-11(7-6-9(2)15)13-8-12(14(16)19)10(3)18-17-13/h4-7H,8H2,1-3H3,(H2,16,19)/b5-4-,9-6+,11-7+. The van der Waals surface area contributed by atoms with Crippen LogP contribution in [0.1, 0.15) is 27.2 Å². The predicted octanol–water partition coefficient (Wildman–Crippen LogP) is 3.70. The molecule has 1 aliphatic rings. The molecular weight excluding hydrogens is 263 g/mol. The third kappa shape index (κ3) is 4.44. The van der Waals surface area contributed by atoms with E-state index in [1.54, 1.807) is 13.0 Å². The maximum absolute atomic E-state index is 12.8. The lowest BCUT2D eigenvalue weighted by Gasteiger charge is -2.17. The molecule has 2 N–H and O–H groups in total. The van der Waals surface area contributed by atoms with Gasteiger partial charge < -0.3 is 10.6 Å². The topological polar surface area (TPSA) is 47.6 Å². The first-order valence-electron chi connectivity index (χ1n) is 5.86. The lowest BCUT2D eigenvalue weighted by atomic mass is 10.00. The van der Waals surface area contributed by atoms with Gasteiger partial charge in [0.25, 0.3) is 0 Å². The van der Waals surface area contributed by atoms with Crippen LogP contribution in [0.5, 0.6) is 0 Å². The first-order valence-corrected chi connectivity index (χ1v) is 6.27. The molecule has 1 heterocycles. The highest BCUT2D eigenvalue weighted by atomic mass is 32.1. The Bertz CT molecular complexity index is 524. The Morgan fingerprint density at radius 2 is 2.16 bits per heavy atom. The molecule has 0 aliphatic carbocycles. The first kappa shape index (κ1) is 15.3. The maximum Gasteiger partial charge on any atom is 0.138 e. The van der Waals surface area contributed by atoms with Crippen molar-refractivity contribution in [2.24, 2.45) is 10.9 Å². The van der Waals surface area contributed by atoms with Crippen LogP contribution < -0.4 is 5.73 Å². The molecule has 19 heavy (non-hydrogen) atoms. The number of rotatable bonds is 4. The van der Waals surface area contributed by atoms with Crippen LogP contribution in [0.3, 0.4) is 0 Å². The number of nitrogens with two attached hydrogens (primary N) is 1. The molecule has 0 atom stereocenters. The Balaban J connectivity index is 3.05. The summed E-state index contributed by atoms with van der Waals surface area (Å²) in [5, 5.41) is 4.01. The molecule has 0 aromatic carbocycles. The maximum atomic E-state index is 12.8. The molecule has 0 bridgehead atoms. The monoisotopic (exact) mass is 280 g/mol. The summed E-state index contributed by atoms with van der Waals surface area (Å²) in [6, 6.07) is 0. The Labute approximate surface area is 118 Å². The van der Waals surface area contributed by atoms with Crippen molar-refractivity contribution < 1.29 is 9.23 Å². The predicted molar refractivity (Wildman–Crippen MR) is 80.4 cm³/mol. The zero-order chi connectivity index (χ0) is 14.4. The van der Waals surface area contributed by atoms with Gasteiger partial charge in [0.1, 0.15) is 10.7 Å². The van der Waals surface area contributed by atoms with Gasteiger partial charge in [0.15, 0.2) is 0 Å². The number of halogens is 1. The van der Waals surface area contributed by atoms with Crippen molar-refractivity contribution >= 4 is 22.9 Å². The summed E-state index contributed by atoms with van der Waals surface area (Å²) < 4.78 is 12.8. The van der Waals surface area contributed by atoms with Crippen LogP contribution in [0.25, 0.3) is 0 Å². The van der Waals surface area contributed by atoms with Crippen LogP contribution in [0.4, 0.5) is 4.39 Å². The first-order chi connectivity index (χ1) is 8.95. The van der Waals surface area contributed by atoms with Crippen LogP contribution in [-0.4, -0.2) is 10.7 Å². The van der Waals surface area contributed by atoms with Gasteiger partial charge in [-0.05, 0) is 32.4 Å². The molecule has 0 unspecified atom stereocenters. The molecule has 1 aliphatic heterocycles. The lowest BCUT2D eigenvalue weighted by molar-refractivity contribution is 0.221. The fraction of sp³-hybridized carbons (Fsp3) is 0.286. The van der Waals surface area contributed by atoms with Crippen molar-refractivity contribution in [1.29, 1.82) is 0 Å². The molecular formula is C14H17FN2OS. The Kier molecular flexibility index (Phi) is 5.63. The third-order valence-electron chi connectivity index (χ3n) is 2.53. The quantitative estimate of drug-likeness (QED) is 0.631. The fourth-order valence-electron chi connectivity index (χ4n) is 1.55. The number of hydrogen-bond donors (Lipinski definition) is 1. The molecule has 0 aromatic rings. The molecule has 0 spiro atoms. The van der Waals surface area contributed by atoms with Gasteiger partial charge in [-0.25, -0.2) is 4.39 Å². The van der Waals surface area contributed by atoms with E-state index >= 15 is 0 Å².